The summed E-state index contributed by atoms with van der Waals surface area (Å²) in [5.41, 5.74) is 0. The average Bonchev–Trinajstić information content (AvgIpc) is 2.20. The van der Waals surface area contributed by atoms with Crippen LogP contribution in [-0.2, 0) is 0 Å². The van der Waals surface area contributed by atoms with Gasteiger partial charge in [0.25, 0.3) is 0 Å². The van der Waals surface area contributed by atoms with E-state index in [9.17, 15) is 0 Å². The molecule has 0 aromatic carbocycles. The Morgan fingerprint density at radius 1 is 1.17 bits per heavy atom. The third-order valence-corrected chi connectivity index (χ3v) is 2.89. The molecule has 0 radical (unpaired) electrons. The first-order valence-corrected chi connectivity index (χ1v) is 4.27. The van der Waals surface area contributed by atoms with E-state index in [1.54, 1.807) is 0 Å². The number of nitrogens with zero attached hydrogens (tertiary/aromatic N) is 1. The van der Waals surface area contributed by atoms with Gasteiger partial charge in [0.05, 0.1) is 0 Å². The Kier molecular flexibility index (Phi) is 5.99. The van der Waals surface area contributed by atoms with Crippen molar-refractivity contribution in [3.05, 3.63) is 0 Å². The second kappa shape index (κ2) is 5.58. The first-order chi connectivity index (χ1) is 4.86. The predicted molar refractivity (Wildman–Crippen MR) is 62.7 cm³/mol. The van der Waals surface area contributed by atoms with Gasteiger partial charge in [-0.25, -0.2) is 0 Å². The lowest BCUT2D eigenvalue weighted by Gasteiger charge is -2.32. The quantitative estimate of drug-likeness (QED) is 0.729. The molecule has 3 fully saturated rings. The molecule has 0 aromatic heterocycles. The van der Waals surface area contributed by atoms with Crippen LogP contribution in [0.5, 0.6) is 0 Å². The van der Waals surface area contributed by atoms with Crippen molar-refractivity contribution in [3.8, 4) is 0 Å². The zero-order valence-corrected chi connectivity index (χ0v) is 10.9. The lowest BCUT2D eigenvalue weighted by molar-refractivity contribution is 0.168. The molecule has 3 aliphatic rings. The minimum atomic E-state index is 0. The summed E-state index contributed by atoms with van der Waals surface area (Å²) in [5, 5.41) is 3.50. The molecule has 3 saturated heterocycles. The van der Waals surface area contributed by atoms with Crippen LogP contribution in [0.25, 0.3) is 0 Å². The van der Waals surface area contributed by atoms with E-state index in [1.807, 2.05) is 0 Å². The normalized spacial score (nSPS) is 34.8. The van der Waals surface area contributed by atoms with Crippen LogP contribution in [-0.4, -0.2) is 37.6 Å². The lowest BCUT2D eigenvalue weighted by atomic mass is 9.96. The highest BCUT2D eigenvalue weighted by atomic mass is 79.9. The maximum absolute atomic E-state index is 3.50. The Balaban J connectivity index is 0.000000605. The van der Waals surface area contributed by atoms with Gasteiger partial charge >= 0.3 is 0 Å². The summed E-state index contributed by atoms with van der Waals surface area (Å²) in [7, 11) is 2.25. The summed E-state index contributed by atoms with van der Waals surface area (Å²) in [6, 6.07) is 0.832. The van der Waals surface area contributed by atoms with E-state index in [1.165, 1.54) is 32.5 Å². The highest BCUT2D eigenvalue weighted by molar-refractivity contribution is 8.93. The van der Waals surface area contributed by atoms with Gasteiger partial charge in [0, 0.05) is 19.1 Å². The molecule has 0 saturated carbocycles. The molecule has 2 bridgehead atoms. The first kappa shape index (κ1) is 12.9. The Labute approximate surface area is 95.6 Å². The maximum atomic E-state index is 3.50. The van der Waals surface area contributed by atoms with Gasteiger partial charge in [0.15, 0.2) is 0 Å². The van der Waals surface area contributed by atoms with Crippen molar-refractivity contribution in [2.75, 3.05) is 26.7 Å². The molecule has 3 aliphatic heterocycles. The molecule has 2 nitrogen and oxygen atoms in total. The smallest absolute Gasteiger partial charge is 0.0217 e. The minimum Gasteiger partial charge on any atom is -0.315 e. The molecule has 3 heterocycles. The van der Waals surface area contributed by atoms with E-state index < -0.39 is 0 Å². The zero-order valence-electron chi connectivity index (χ0n) is 7.45. The number of hydrogen-bond acceptors (Lipinski definition) is 2. The lowest BCUT2D eigenvalue weighted by Crippen LogP contribution is -2.40. The second-order valence-electron chi connectivity index (χ2n) is 3.70. The van der Waals surface area contributed by atoms with Crippen molar-refractivity contribution in [2.45, 2.75) is 18.9 Å². The highest BCUT2D eigenvalue weighted by Crippen LogP contribution is 2.22. The predicted octanol–water partition coefficient (Wildman–Crippen LogP) is 1.46. The Bertz CT molecular complexity index is 128. The molecule has 0 amide bonds. The Hall–Kier alpha value is 0.880. The molecule has 4 heteroatoms. The van der Waals surface area contributed by atoms with Gasteiger partial charge in [-0.15, -0.1) is 34.0 Å². The van der Waals surface area contributed by atoms with E-state index in [-0.39, 0.29) is 34.0 Å². The van der Waals surface area contributed by atoms with Gasteiger partial charge in [-0.3, -0.25) is 0 Å². The van der Waals surface area contributed by atoms with Crippen LogP contribution < -0.4 is 5.32 Å². The van der Waals surface area contributed by atoms with Gasteiger partial charge in [-0.05, 0) is 32.4 Å². The molecule has 2 atom stereocenters. The molecule has 1 N–H and O–H groups in total. The van der Waals surface area contributed by atoms with Crippen LogP contribution in [0.1, 0.15) is 12.8 Å². The van der Waals surface area contributed by atoms with Crippen LogP contribution in [0.3, 0.4) is 0 Å². The van der Waals surface area contributed by atoms with Crippen molar-refractivity contribution in [1.82, 2.24) is 10.2 Å². The monoisotopic (exact) mass is 300 g/mol. The van der Waals surface area contributed by atoms with Crippen LogP contribution in [0, 0.1) is 5.92 Å². The molecular formula is C8H18Br2N2. The van der Waals surface area contributed by atoms with Gasteiger partial charge < -0.3 is 10.2 Å². The topological polar surface area (TPSA) is 15.3 Å². The van der Waals surface area contributed by atoms with E-state index in [4.69, 9.17) is 0 Å². The van der Waals surface area contributed by atoms with Crippen molar-refractivity contribution in [2.24, 2.45) is 5.92 Å². The SMILES string of the molecule is Br.Br.CN1CC2CCC1CNC2. The van der Waals surface area contributed by atoms with Gasteiger partial charge in [0.2, 0.25) is 0 Å². The summed E-state index contributed by atoms with van der Waals surface area (Å²) in [4.78, 5) is 2.51. The fourth-order valence-corrected chi connectivity index (χ4v) is 2.17. The highest BCUT2D eigenvalue weighted by Gasteiger charge is 2.28. The van der Waals surface area contributed by atoms with Crippen LogP contribution in [0.15, 0.2) is 0 Å². The number of nitrogens with one attached hydrogen (secondary N) is 1. The summed E-state index contributed by atoms with van der Waals surface area (Å²) in [6.45, 7) is 3.78. The number of hydrogen-bond donors (Lipinski definition) is 1. The Morgan fingerprint density at radius 2 is 1.92 bits per heavy atom. The first-order valence-electron chi connectivity index (χ1n) is 4.27. The fraction of sp³-hybridized carbons (Fsp3) is 1.00. The molecule has 0 aromatic rings. The standard InChI is InChI=1S/C8H16N2.2BrH/c1-10-6-7-2-3-8(10)5-9-4-7;;/h7-9H,2-6H2,1H3;2*1H. The molecule has 0 spiro atoms. The van der Waals surface area contributed by atoms with Crippen molar-refractivity contribution in [1.29, 1.82) is 0 Å². The van der Waals surface area contributed by atoms with Gasteiger partial charge in [-0.1, -0.05) is 0 Å². The molecule has 3 rings (SSSR count). The molecular weight excluding hydrogens is 284 g/mol. The number of rotatable bonds is 0. The largest absolute Gasteiger partial charge is 0.315 e. The molecule has 74 valence electrons. The van der Waals surface area contributed by atoms with Crippen molar-refractivity contribution >= 4 is 34.0 Å². The molecule has 12 heavy (non-hydrogen) atoms. The number of likely N-dealkylation sites (N-methyl/N-ethyl adjacent to an activating group) is 1. The third kappa shape index (κ3) is 2.69. The zero-order chi connectivity index (χ0) is 6.97. The van der Waals surface area contributed by atoms with E-state index in [0.29, 0.717) is 0 Å². The molecule has 2 unspecified atom stereocenters. The van der Waals surface area contributed by atoms with Crippen molar-refractivity contribution in [3.63, 3.8) is 0 Å². The number of fused-ring (bicyclic) bond motifs is 4. The summed E-state index contributed by atoms with van der Waals surface area (Å²) in [5.74, 6) is 0.934. The number of halogens is 2. The van der Waals surface area contributed by atoms with E-state index >= 15 is 0 Å². The fourth-order valence-electron chi connectivity index (χ4n) is 2.17. The van der Waals surface area contributed by atoms with Gasteiger partial charge in [0.1, 0.15) is 0 Å². The summed E-state index contributed by atoms with van der Waals surface area (Å²) < 4.78 is 0. The van der Waals surface area contributed by atoms with Crippen molar-refractivity contribution < 1.29 is 0 Å². The van der Waals surface area contributed by atoms with Crippen LogP contribution in [0.4, 0.5) is 0 Å². The molecule has 0 aliphatic carbocycles. The van der Waals surface area contributed by atoms with E-state index in [0.717, 1.165) is 12.0 Å². The van der Waals surface area contributed by atoms with Gasteiger partial charge in [-0.2, -0.15) is 0 Å². The second-order valence-corrected chi connectivity index (χ2v) is 3.70. The summed E-state index contributed by atoms with van der Waals surface area (Å²) in [6.07, 6.45) is 2.86. The van der Waals surface area contributed by atoms with Crippen LogP contribution >= 0.6 is 34.0 Å². The Morgan fingerprint density at radius 3 is 2.58 bits per heavy atom. The minimum absolute atomic E-state index is 0. The average molecular weight is 302 g/mol. The maximum Gasteiger partial charge on any atom is 0.0217 e. The van der Waals surface area contributed by atoms with E-state index in [2.05, 4.69) is 17.3 Å². The third-order valence-electron chi connectivity index (χ3n) is 2.89. The van der Waals surface area contributed by atoms with Crippen LogP contribution in [0.2, 0.25) is 0 Å². The summed E-state index contributed by atoms with van der Waals surface area (Å²) >= 11 is 0. The number of piperidine rings is 1.